The van der Waals surface area contributed by atoms with E-state index in [4.69, 9.17) is 9.47 Å². The molecular weight excluding hydrogens is 450 g/mol. The molecule has 0 spiro atoms. The van der Waals surface area contributed by atoms with E-state index in [9.17, 15) is 9.59 Å². The number of ether oxygens (including phenoxy) is 2. The maximum absolute atomic E-state index is 12.7. The fourth-order valence-corrected chi connectivity index (χ4v) is 4.20. The second-order valence-corrected chi connectivity index (χ2v) is 8.59. The van der Waals surface area contributed by atoms with Crippen molar-refractivity contribution in [2.24, 2.45) is 0 Å². The number of methoxy groups -OCH3 is 2. The second-order valence-electron chi connectivity index (χ2n) is 8.59. The number of amides is 2. The third kappa shape index (κ3) is 5.29. The Bertz CT molecular complexity index is 1150. The molecule has 0 fully saturated rings. The molecule has 0 saturated heterocycles. The van der Waals surface area contributed by atoms with Crippen molar-refractivity contribution in [2.45, 2.75) is 19.4 Å². The number of carbonyl (C=O) groups excluding carboxylic acids is 2. The van der Waals surface area contributed by atoms with Crippen molar-refractivity contribution in [1.82, 2.24) is 19.8 Å². The monoisotopic (exact) mass is 481 g/mol. The Balaban J connectivity index is 1.74. The number of anilines is 3. The van der Waals surface area contributed by atoms with Crippen molar-refractivity contribution in [3.8, 4) is 11.5 Å². The van der Waals surface area contributed by atoms with E-state index >= 15 is 0 Å². The lowest BCUT2D eigenvalue weighted by Gasteiger charge is -2.23. The highest BCUT2D eigenvalue weighted by atomic mass is 16.5. The summed E-state index contributed by atoms with van der Waals surface area (Å²) in [5, 5.41) is 9.33. The van der Waals surface area contributed by atoms with E-state index in [1.807, 2.05) is 25.1 Å². The average molecular weight is 482 g/mol. The summed E-state index contributed by atoms with van der Waals surface area (Å²) in [6.45, 7) is 2.04. The van der Waals surface area contributed by atoms with E-state index in [1.165, 1.54) is 6.33 Å². The van der Waals surface area contributed by atoms with E-state index < -0.39 is 0 Å². The van der Waals surface area contributed by atoms with Gasteiger partial charge in [-0.05, 0) is 26.0 Å². The molecule has 2 aliphatic heterocycles. The molecule has 0 atom stereocenters. The fraction of sp³-hybridized carbons (Fsp3) is 0.417. The van der Waals surface area contributed by atoms with Gasteiger partial charge in [-0.25, -0.2) is 9.97 Å². The van der Waals surface area contributed by atoms with E-state index in [0.29, 0.717) is 59.6 Å². The van der Waals surface area contributed by atoms with Crippen LogP contribution in [0.3, 0.4) is 0 Å². The number of hydrogen-bond donors (Lipinski definition) is 3. The van der Waals surface area contributed by atoms with Crippen LogP contribution in [0.15, 0.2) is 24.7 Å². The Morgan fingerprint density at radius 2 is 1.80 bits per heavy atom. The molecule has 0 saturated carbocycles. The van der Waals surface area contributed by atoms with Gasteiger partial charge in [0.1, 0.15) is 18.0 Å². The minimum atomic E-state index is -0.258. The molecule has 11 nitrogen and oxygen atoms in total. The number of carbonyl (C=O) groups is 2. The molecule has 4 rings (SSSR count). The first-order valence-electron chi connectivity index (χ1n) is 11.5. The Kier molecular flexibility index (Phi) is 7.35. The van der Waals surface area contributed by atoms with Gasteiger partial charge >= 0.3 is 0 Å². The summed E-state index contributed by atoms with van der Waals surface area (Å²) in [5.74, 6) is 1.98. The van der Waals surface area contributed by atoms with Crippen LogP contribution in [0.4, 0.5) is 17.3 Å². The van der Waals surface area contributed by atoms with Crippen molar-refractivity contribution in [2.75, 3.05) is 63.9 Å². The zero-order valence-electron chi connectivity index (χ0n) is 20.5. The fourth-order valence-electron chi connectivity index (χ4n) is 4.20. The number of aromatic nitrogens is 2. The summed E-state index contributed by atoms with van der Waals surface area (Å²) in [5.41, 5.74) is 2.60. The van der Waals surface area contributed by atoms with E-state index in [-0.39, 0.29) is 18.4 Å². The Labute approximate surface area is 204 Å². The number of benzene rings is 1. The van der Waals surface area contributed by atoms with E-state index in [2.05, 4.69) is 25.9 Å². The predicted molar refractivity (Wildman–Crippen MR) is 134 cm³/mol. The summed E-state index contributed by atoms with van der Waals surface area (Å²) in [6, 6.07) is 3.71. The lowest BCUT2D eigenvalue weighted by atomic mass is 10.1. The lowest BCUT2D eigenvalue weighted by molar-refractivity contribution is -0.131. The first-order valence-corrected chi connectivity index (χ1v) is 11.5. The topological polar surface area (TPSA) is 121 Å². The zero-order chi connectivity index (χ0) is 24.9. The lowest BCUT2D eigenvalue weighted by Crippen LogP contribution is -2.37. The minimum Gasteiger partial charge on any atom is -0.493 e. The standard InChI is InChI=1S/C24H31N7O4/c1-30-12-15-9-16(10-18(34-3)21(15)35-4)26-11-17-20-22(27-14-28-23(20)29-24(17)33)25-7-5-6-8-31(2)19(32)13-30/h9-11,14,26H,5-8,12-13H2,1-4H3,(H2,25,27,28,29,33)/b17-11-. The summed E-state index contributed by atoms with van der Waals surface area (Å²) in [4.78, 5) is 37.7. The third-order valence-electron chi connectivity index (χ3n) is 6.02. The van der Waals surface area contributed by atoms with Gasteiger partial charge in [0.15, 0.2) is 11.5 Å². The van der Waals surface area contributed by atoms with Crippen molar-refractivity contribution in [3.05, 3.63) is 35.8 Å². The van der Waals surface area contributed by atoms with Gasteiger partial charge in [-0.15, -0.1) is 0 Å². The largest absolute Gasteiger partial charge is 0.493 e. The van der Waals surface area contributed by atoms with Gasteiger partial charge in [-0.1, -0.05) is 0 Å². The van der Waals surface area contributed by atoms with Crippen molar-refractivity contribution in [3.63, 3.8) is 0 Å². The van der Waals surface area contributed by atoms with Gasteiger partial charge < -0.3 is 30.3 Å². The van der Waals surface area contributed by atoms with E-state index in [0.717, 1.165) is 18.4 Å². The smallest absolute Gasteiger partial charge is 0.259 e. The van der Waals surface area contributed by atoms with Crippen LogP contribution >= 0.6 is 0 Å². The van der Waals surface area contributed by atoms with Crippen LogP contribution in [-0.4, -0.2) is 79.5 Å². The Hall–Kier alpha value is -3.86. The zero-order valence-corrected chi connectivity index (χ0v) is 20.5. The number of nitrogens with zero attached hydrogens (tertiary/aromatic N) is 4. The van der Waals surface area contributed by atoms with Crippen LogP contribution in [0.5, 0.6) is 11.5 Å². The van der Waals surface area contributed by atoms with Crippen molar-refractivity contribution >= 4 is 34.7 Å². The molecule has 2 aliphatic rings. The maximum atomic E-state index is 12.7. The molecule has 1 aromatic carbocycles. The number of nitrogens with one attached hydrogen (secondary N) is 3. The average Bonchev–Trinajstić information content (AvgIpc) is 3.16. The highest BCUT2D eigenvalue weighted by molar-refractivity contribution is 6.32. The Morgan fingerprint density at radius 1 is 1.00 bits per heavy atom. The molecule has 2 aromatic rings. The molecule has 1 aromatic heterocycles. The predicted octanol–water partition coefficient (Wildman–Crippen LogP) is 1.99. The molecule has 11 heteroatoms. The highest BCUT2D eigenvalue weighted by Gasteiger charge is 2.29. The van der Waals surface area contributed by atoms with Crippen LogP contribution in [0, 0.1) is 0 Å². The number of rotatable bonds is 2. The first-order chi connectivity index (χ1) is 16.9. The quantitative estimate of drug-likeness (QED) is 0.591. The number of fused-ring (bicyclic) bond motifs is 2. The van der Waals surface area contributed by atoms with Gasteiger partial charge in [0.2, 0.25) is 5.91 Å². The summed E-state index contributed by atoms with van der Waals surface area (Å²) < 4.78 is 11.2. The second kappa shape index (κ2) is 10.6. The molecule has 35 heavy (non-hydrogen) atoms. The first kappa shape index (κ1) is 24.3. The van der Waals surface area contributed by atoms with Gasteiger partial charge in [-0.3, -0.25) is 14.5 Å². The SMILES string of the molecule is COc1cc2cc(c1OC)CN(C)CC(=O)N(C)CCCCNc1ncnc3c1/C(=C/N2)C(=O)N3. The highest BCUT2D eigenvalue weighted by Crippen LogP contribution is 2.37. The van der Waals surface area contributed by atoms with Crippen LogP contribution < -0.4 is 25.4 Å². The van der Waals surface area contributed by atoms with Crippen molar-refractivity contribution in [1.29, 1.82) is 0 Å². The molecule has 186 valence electrons. The van der Waals surface area contributed by atoms with E-state index in [1.54, 1.807) is 31.4 Å². The van der Waals surface area contributed by atoms with Crippen LogP contribution in [0.2, 0.25) is 0 Å². The normalized spacial score (nSPS) is 18.7. The van der Waals surface area contributed by atoms with Gasteiger partial charge in [0.05, 0.1) is 31.9 Å². The molecule has 0 unspecified atom stereocenters. The van der Waals surface area contributed by atoms with Crippen LogP contribution in [0.1, 0.15) is 24.0 Å². The molecule has 0 aliphatic carbocycles. The van der Waals surface area contributed by atoms with Gasteiger partial charge in [-0.2, -0.15) is 0 Å². The summed E-state index contributed by atoms with van der Waals surface area (Å²) in [7, 11) is 6.87. The molecular formula is C24H31N7O4. The minimum absolute atomic E-state index is 0.0487. The number of hydrogen-bond acceptors (Lipinski definition) is 9. The third-order valence-corrected chi connectivity index (χ3v) is 6.02. The van der Waals surface area contributed by atoms with Crippen molar-refractivity contribution < 1.29 is 19.1 Å². The van der Waals surface area contributed by atoms with Gasteiger partial charge in [0, 0.05) is 50.2 Å². The Morgan fingerprint density at radius 3 is 2.57 bits per heavy atom. The maximum Gasteiger partial charge on any atom is 0.259 e. The number of likely N-dealkylation sites (N-methyl/N-ethyl adjacent to an activating group) is 2. The molecule has 2 amide bonds. The molecule has 2 bridgehead atoms. The molecule has 3 heterocycles. The van der Waals surface area contributed by atoms with Gasteiger partial charge in [0.25, 0.3) is 5.91 Å². The summed E-state index contributed by atoms with van der Waals surface area (Å²) >= 11 is 0. The van der Waals surface area contributed by atoms with Crippen LogP contribution in [0.25, 0.3) is 5.57 Å². The molecule has 3 N–H and O–H groups in total. The summed E-state index contributed by atoms with van der Waals surface area (Å²) in [6.07, 6.45) is 4.74. The molecule has 0 radical (unpaired) electrons. The van der Waals surface area contributed by atoms with Crippen LogP contribution in [-0.2, 0) is 16.1 Å².